The normalized spacial score (nSPS) is 15.7. The molecule has 0 heterocycles. The lowest BCUT2D eigenvalue weighted by Crippen LogP contribution is -2.09. The highest BCUT2D eigenvalue weighted by atomic mass is 19.1. The first kappa shape index (κ1) is 20.6. The van der Waals surface area contributed by atoms with E-state index in [2.05, 4.69) is 18.2 Å². The average molecular weight is 404 g/mol. The first-order valence-corrected chi connectivity index (χ1v) is 11.0. The Kier molecular flexibility index (Phi) is 6.49. The number of hydrogen-bond donors (Lipinski definition) is 1. The van der Waals surface area contributed by atoms with Crippen LogP contribution in [0.3, 0.4) is 0 Å². The minimum Gasteiger partial charge on any atom is -0.489 e. The van der Waals surface area contributed by atoms with Crippen molar-refractivity contribution in [3.05, 3.63) is 89.2 Å². The molecule has 1 saturated carbocycles. The molecule has 2 nitrogen and oxygen atoms in total. The average Bonchev–Trinajstić information content (AvgIpc) is 2.79. The Labute approximate surface area is 178 Å². The lowest BCUT2D eigenvalue weighted by atomic mass is 9.82. The molecule has 1 fully saturated rings. The molecule has 2 N–H and O–H groups in total. The minimum absolute atomic E-state index is 0.219. The van der Waals surface area contributed by atoms with Gasteiger partial charge in [-0.3, -0.25) is 0 Å². The van der Waals surface area contributed by atoms with Gasteiger partial charge in [0.05, 0.1) is 0 Å². The molecule has 1 unspecified atom stereocenters. The summed E-state index contributed by atoms with van der Waals surface area (Å²) in [5.41, 5.74) is 10.4. The SMILES string of the molecule is CC(N)c1cccc(-c2cc(COc3ccccc3)cc(C3CCCCC3)c2)c1F. The van der Waals surface area contributed by atoms with E-state index in [1.54, 1.807) is 6.07 Å². The summed E-state index contributed by atoms with van der Waals surface area (Å²) in [6.45, 7) is 2.28. The molecule has 30 heavy (non-hydrogen) atoms. The molecule has 3 aromatic carbocycles. The topological polar surface area (TPSA) is 35.2 Å². The van der Waals surface area contributed by atoms with E-state index >= 15 is 4.39 Å². The van der Waals surface area contributed by atoms with Gasteiger partial charge in [-0.2, -0.15) is 0 Å². The van der Waals surface area contributed by atoms with Crippen molar-refractivity contribution < 1.29 is 9.13 Å². The van der Waals surface area contributed by atoms with Crippen LogP contribution in [0.4, 0.5) is 4.39 Å². The minimum atomic E-state index is -0.340. The highest BCUT2D eigenvalue weighted by Gasteiger charge is 2.19. The van der Waals surface area contributed by atoms with Crippen molar-refractivity contribution in [2.45, 2.75) is 57.6 Å². The van der Waals surface area contributed by atoms with Crippen LogP contribution in [0.1, 0.15) is 67.7 Å². The molecule has 3 heteroatoms. The molecule has 0 aromatic heterocycles. The van der Waals surface area contributed by atoms with Crippen molar-refractivity contribution in [3.63, 3.8) is 0 Å². The number of ether oxygens (including phenoxy) is 1. The summed E-state index contributed by atoms with van der Waals surface area (Å²) >= 11 is 0. The monoisotopic (exact) mass is 403 g/mol. The maximum Gasteiger partial charge on any atom is 0.135 e. The Morgan fingerprint density at radius 2 is 1.73 bits per heavy atom. The first-order valence-electron chi connectivity index (χ1n) is 11.0. The number of nitrogens with two attached hydrogens (primary N) is 1. The van der Waals surface area contributed by atoms with E-state index in [1.165, 1.54) is 37.7 Å². The quantitative estimate of drug-likeness (QED) is 0.475. The second kappa shape index (κ2) is 9.44. The Morgan fingerprint density at radius 1 is 0.967 bits per heavy atom. The van der Waals surface area contributed by atoms with E-state index in [0.717, 1.165) is 16.9 Å². The van der Waals surface area contributed by atoms with Crippen molar-refractivity contribution in [1.82, 2.24) is 0 Å². The Morgan fingerprint density at radius 3 is 2.47 bits per heavy atom. The van der Waals surface area contributed by atoms with Gasteiger partial charge in [-0.15, -0.1) is 0 Å². The number of hydrogen-bond acceptors (Lipinski definition) is 2. The fourth-order valence-electron chi connectivity index (χ4n) is 4.44. The van der Waals surface area contributed by atoms with E-state index < -0.39 is 0 Å². The third-order valence-electron chi connectivity index (χ3n) is 6.07. The third-order valence-corrected chi connectivity index (χ3v) is 6.07. The van der Waals surface area contributed by atoms with E-state index in [0.29, 0.717) is 23.7 Å². The van der Waals surface area contributed by atoms with Gasteiger partial charge in [0, 0.05) is 17.2 Å². The van der Waals surface area contributed by atoms with Crippen molar-refractivity contribution in [3.8, 4) is 16.9 Å². The molecule has 156 valence electrons. The largest absolute Gasteiger partial charge is 0.489 e. The van der Waals surface area contributed by atoms with Crippen LogP contribution in [0.5, 0.6) is 5.75 Å². The van der Waals surface area contributed by atoms with Gasteiger partial charge in [0.1, 0.15) is 18.2 Å². The van der Waals surface area contributed by atoms with Gasteiger partial charge in [0.2, 0.25) is 0 Å². The number of benzene rings is 3. The van der Waals surface area contributed by atoms with Crippen LogP contribution in [-0.4, -0.2) is 0 Å². The number of rotatable bonds is 6. The fourth-order valence-corrected chi connectivity index (χ4v) is 4.44. The molecular formula is C27H30FNO. The van der Waals surface area contributed by atoms with Crippen LogP contribution in [0.15, 0.2) is 66.7 Å². The molecule has 0 saturated heterocycles. The molecule has 0 amide bonds. The van der Waals surface area contributed by atoms with Gasteiger partial charge >= 0.3 is 0 Å². The molecule has 0 aliphatic heterocycles. The van der Waals surface area contributed by atoms with Gasteiger partial charge in [-0.05, 0) is 60.6 Å². The Hall–Kier alpha value is -2.65. The molecule has 3 aromatic rings. The standard InChI is InChI=1S/C27H30FNO/c1-19(29)25-13-8-14-26(27(25)28)23-16-20(18-30-24-11-6-3-7-12-24)15-22(17-23)21-9-4-2-5-10-21/h3,6-8,11-17,19,21H,2,4-5,9-10,18,29H2,1H3. The van der Waals surface area contributed by atoms with Crippen LogP contribution in [0.25, 0.3) is 11.1 Å². The fraction of sp³-hybridized carbons (Fsp3) is 0.333. The third kappa shape index (κ3) is 4.73. The molecular weight excluding hydrogens is 373 g/mol. The van der Waals surface area contributed by atoms with Crippen molar-refractivity contribution in [1.29, 1.82) is 0 Å². The number of para-hydroxylation sites is 1. The molecule has 1 aliphatic carbocycles. The molecule has 0 bridgehead atoms. The molecule has 0 spiro atoms. The zero-order chi connectivity index (χ0) is 20.9. The summed E-state index contributed by atoms with van der Waals surface area (Å²) in [5, 5.41) is 0. The summed E-state index contributed by atoms with van der Waals surface area (Å²) < 4.78 is 21.3. The van der Waals surface area contributed by atoms with Crippen LogP contribution in [0.2, 0.25) is 0 Å². The lowest BCUT2D eigenvalue weighted by Gasteiger charge is -2.23. The summed E-state index contributed by atoms with van der Waals surface area (Å²) in [5.74, 6) is 1.16. The van der Waals surface area contributed by atoms with Gasteiger partial charge in [0.25, 0.3) is 0 Å². The second-order valence-electron chi connectivity index (χ2n) is 8.40. The van der Waals surface area contributed by atoms with Crippen molar-refractivity contribution >= 4 is 0 Å². The predicted molar refractivity (Wildman–Crippen MR) is 121 cm³/mol. The highest BCUT2D eigenvalue weighted by molar-refractivity contribution is 5.67. The maximum atomic E-state index is 15.3. The Bertz CT molecular complexity index is 977. The summed E-state index contributed by atoms with van der Waals surface area (Å²) in [4.78, 5) is 0. The van der Waals surface area contributed by atoms with Crippen LogP contribution in [0, 0.1) is 5.82 Å². The summed E-state index contributed by atoms with van der Waals surface area (Å²) in [6, 6.07) is 21.5. The van der Waals surface area contributed by atoms with E-state index in [1.807, 2.05) is 49.4 Å². The van der Waals surface area contributed by atoms with E-state index in [-0.39, 0.29) is 11.9 Å². The summed E-state index contributed by atoms with van der Waals surface area (Å²) in [7, 11) is 0. The van der Waals surface area contributed by atoms with Crippen LogP contribution in [-0.2, 0) is 6.61 Å². The van der Waals surface area contributed by atoms with Crippen molar-refractivity contribution in [2.75, 3.05) is 0 Å². The predicted octanol–water partition coefficient (Wildman–Crippen LogP) is 7.14. The first-order chi connectivity index (χ1) is 14.6. The zero-order valence-corrected chi connectivity index (χ0v) is 17.6. The molecule has 0 radical (unpaired) electrons. The highest BCUT2D eigenvalue weighted by Crippen LogP contribution is 2.36. The van der Waals surface area contributed by atoms with Crippen LogP contribution >= 0.6 is 0 Å². The van der Waals surface area contributed by atoms with E-state index in [4.69, 9.17) is 10.5 Å². The summed E-state index contributed by atoms with van der Waals surface area (Å²) in [6.07, 6.45) is 6.24. The molecule has 1 aliphatic rings. The second-order valence-corrected chi connectivity index (χ2v) is 8.40. The molecule has 4 rings (SSSR count). The number of halogens is 1. The zero-order valence-electron chi connectivity index (χ0n) is 17.6. The smallest absolute Gasteiger partial charge is 0.135 e. The van der Waals surface area contributed by atoms with Gasteiger partial charge in [-0.1, -0.05) is 67.8 Å². The maximum absolute atomic E-state index is 15.3. The van der Waals surface area contributed by atoms with Gasteiger partial charge < -0.3 is 10.5 Å². The lowest BCUT2D eigenvalue weighted by molar-refractivity contribution is 0.306. The Balaban J connectivity index is 1.71. The van der Waals surface area contributed by atoms with Crippen LogP contribution < -0.4 is 10.5 Å². The molecule has 1 atom stereocenters. The van der Waals surface area contributed by atoms with E-state index in [9.17, 15) is 0 Å². The van der Waals surface area contributed by atoms with Crippen molar-refractivity contribution in [2.24, 2.45) is 5.73 Å². The van der Waals surface area contributed by atoms with Gasteiger partial charge in [-0.25, -0.2) is 4.39 Å². The van der Waals surface area contributed by atoms with Gasteiger partial charge in [0.15, 0.2) is 0 Å².